The molecule has 2 aromatic heterocycles. The van der Waals surface area contributed by atoms with Crippen molar-refractivity contribution in [3.63, 3.8) is 0 Å². The first-order valence-corrected chi connectivity index (χ1v) is 7.62. The van der Waals surface area contributed by atoms with Gasteiger partial charge in [-0.25, -0.2) is 9.97 Å². The van der Waals surface area contributed by atoms with Gasteiger partial charge < -0.3 is 10.6 Å². The van der Waals surface area contributed by atoms with E-state index in [0.717, 1.165) is 41.4 Å². The van der Waals surface area contributed by atoms with Crippen LogP contribution in [0.2, 0.25) is 0 Å². The number of fused-ring (bicyclic) bond motifs is 1. The minimum atomic E-state index is 0.534. The highest BCUT2D eigenvalue weighted by atomic mass is 15.3. The van der Waals surface area contributed by atoms with Crippen LogP contribution in [0.1, 0.15) is 16.8 Å². The predicted molar refractivity (Wildman–Crippen MR) is 89.5 cm³/mol. The number of hydrogen-bond acceptors (Lipinski definition) is 5. The molecule has 0 aliphatic carbocycles. The highest BCUT2D eigenvalue weighted by molar-refractivity contribution is 5.63. The summed E-state index contributed by atoms with van der Waals surface area (Å²) in [7, 11) is 0. The Labute approximate surface area is 134 Å². The van der Waals surface area contributed by atoms with Crippen LogP contribution < -0.4 is 10.6 Å². The minimum absolute atomic E-state index is 0.534. The SMILES string of the molecule is NCc1cccc(-c2cnc(N3Cc4cccnc4C3)nc2)c1. The third kappa shape index (κ3) is 2.66. The molecular formula is C18H17N5. The third-order valence-corrected chi connectivity index (χ3v) is 4.10. The van der Waals surface area contributed by atoms with E-state index in [1.54, 1.807) is 0 Å². The number of benzene rings is 1. The molecule has 4 rings (SSSR count). The average molecular weight is 303 g/mol. The molecule has 0 radical (unpaired) electrons. The molecule has 1 aliphatic rings. The molecule has 0 spiro atoms. The Balaban J connectivity index is 1.57. The lowest BCUT2D eigenvalue weighted by Crippen LogP contribution is -2.17. The van der Waals surface area contributed by atoms with Crippen LogP contribution in [0.4, 0.5) is 5.95 Å². The maximum absolute atomic E-state index is 5.70. The van der Waals surface area contributed by atoms with Crippen molar-refractivity contribution in [3.8, 4) is 11.1 Å². The number of nitrogens with two attached hydrogens (primary N) is 1. The Bertz CT molecular complexity index is 804. The molecule has 0 saturated carbocycles. The molecular weight excluding hydrogens is 286 g/mol. The zero-order valence-corrected chi connectivity index (χ0v) is 12.7. The quantitative estimate of drug-likeness (QED) is 0.805. The van der Waals surface area contributed by atoms with E-state index >= 15 is 0 Å². The van der Waals surface area contributed by atoms with Crippen LogP contribution in [0, 0.1) is 0 Å². The summed E-state index contributed by atoms with van der Waals surface area (Å²) in [6, 6.07) is 12.2. The normalized spacial score (nSPS) is 13.2. The summed E-state index contributed by atoms with van der Waals surface area (Å²) in [5, 5.41) is 0. The van der Waals surface area contributed by atoms with Gasteiger partial charge in [0.2, 0.25) is 5.95 Å². The van der Waals surface area contributed by atoms with Gasteiger partial charge in [-0.3, -0.25) is 4.98 Å². The summed E-state index contributed by atoms with van der Waals surface area (Å²) < 4.78 is 0. The van der Waals surface area contributed by atoms with E-state index in [0.29, 0.717) is 6.54 Å². The molecule has 114 valence electrons. The molecule has 0 saturated heterocycles. The molecule has 0 bridgehead atoms. The van der Waals surface area contributed by atoms with Gasteiger partial charge in [-0.1, -0.05) is 24.3 Å². The molecule has 5 heteroatoms. The number of pyridine rings is 1. The molecule has 0 unspecified atom stereocenters. The van der Waals surface area contributed by atoms with Crippen molar-refractivity contribution in [2.45, 2.75) is 19.6 Å². The van der Waals surface area contributed by atoms with Crippen molar-refractivity contribution < 1.29 is 0 Å². The first kappa shape index (κ1) is 13.8. The Hall–Kier alpha value is -2.79. The standard InChI is InChI=1S/C18H17N5/c19-8-13-3-1-4-14(7-13)16-9-21-18(22-10-16)23-11-15-5-2-6-20-17(15)12-23/h1-7,9-10H,8,11-12,19H2. The van der Waals surface area contributed by atoms with Gasteiger partial charge in [-0.05, 0) is 28.8 Å². The van der Waals surface area contributed by atoms with Gasteiger partial charge in [-0.2, -0.15) is 0 Å². The van der Waals surface area contributed by atoms with Crippen LogP contribution in [0.5, 0.6) is 0 Å². The number of anilines is 1. The van der Waals surface area contributed by atoms with Crippen LogP contribution in [0.15, 0.2) is 55.0 Å². The summed E-state index contributed by atoms with van der Waals surface area (Å²) >= 11 is 0. The molecule has 1 aromatic carbocycles. The molecule has 0 atom stereocenters. The molecule has 5 nitrogen and oxygen atoms in total. The molecule has 3 heterocycles. The zero-order chi connectivity index (χ0) is 15.6. The largest absolute Gasteiger partial charge is 0.331 e. The second kappa shape index (κ2) is 5.78. The summed E-state index contributed by atoms with van der Waals surface area (Å²) in [4.78, 5) is 15.6. The van der Waals surface area contributed by atoms with Gasteiger partial charge in [0.15, 0.2) is 0 Å². The van der Waals surface area contributed by atoms with Crippen LogP contribution >= 0.6 is 0 Å². The second-order valence-electron chi connectivity index (χ2n) is 5.64. The van der Waals surface area contributed by atoms with Crippen molar-refractivity contribution in [2.24, 2.45) is 5.73 Å². The fraction of sp³-hybridized carbons (Fsp3) is 0.167. The van der Waals surface area contributed by atoms with Crippen molar-refractivity contribution in [3.05, 3.63) is 71.8 Å². The number of nitrogens with zero attached hydrogens (tertiary/aromatic N) is 4. The third-order valence-electron chi connectivity index (χ3n) is 4.10. The van der Waals surface area contributed by atoms with E-state index in [-0.39, 0.29) is 0 Å². The second-order valence-corrected chi connectivity index (χ2v) is 5.64. The summed E-state index contributed by atoms with van der Waals surface area (Å²) in [6.07, 6.45) is 5.57. The van der Waals surface area contributed by atoms with Gasteiger partial charge in [0.1, 0.15) is 0 Å². The Morgan fingerprint density at radius 3 is 2.61 bits per heavy atom. The number of hydrogen-bond donors (Lipinski definition) is 1. The maximum atomic E-state index is 5.70. The molecule has 0 fully saturated rings. The van der Waals surface area contributed by atoms with Crippen LogP contribution in [-0.2, 0) is 19.6 Å². The molecule has 0 amide bonds. The van der Waals surface area contributed by atoms with Crippen molar-refractivity contribution in [1.29, 1.82) is 0 Å². The summed E-state index contributed by atoms with van der Waals surface area (Å²) in [6.45, 7) is 2.11. The van der Waals surface area contributed by atoms with E-state index in [9.17, 15) is 0 Å². The fourth-order valence-electron chi connectivity index (χ4n) is 2.85. The van der Waals surface area contributed by atoms with Crippen LogP contribution in [0.25, 0.3) is 11.1 Å². The first-order chi connectivity index (χ1) is 11.3. The molecule has 1 aliphatic heterocycles. The van der Waals surface area contributed by atoms with E-state index in [1.165, 1.54) is 5.56 Å². The van der Waals surface area contributed by atoms with E-state index in [1.807, 2.05) is 42.9 Å². The van der Waals surface area contributed by atoms with E-state index < -0.39 is 0 Å². The van der Waals surface area contributed by atoms with Gasteiger partial charge >= 0.3 is 0 Å². The average Bonchev–Trinajstić information content (AvgIpc) is 3.06. The van der Waals surface area contributed by atoms with Crippen molar-refractivity contribution >= 4 is 5.95 Å². The summed E-state index contributed by atoms with van der Waals surface area (Å²) in [5.41, 5.74) is 11.2. The van der Waals surface area contributed by atoms with Crippen LogP contribution in [-0.4, -0.2) is 15.0 Å². The Morgan fingerprint density at radius 2 is 1.83 bits per heavy atom. The molecule has 2 N–H and O–H groups in total. The zero-order valence-electron chi connectivity index (χ0n) is 12.7. The van der Waals surface area contributed by atoms with Gasteiger partial charge in [0.25, 0.3) is 0 Å². The molecule has 23 heavy (non-hydrogen) atoms. The fourth-order valence-corrected chi connectivity index (χ4v) is 2.85. The lowest BCUT2D eigenvalue weighted by Gasteiger charge is -2.14. The Kier molecular flexibility index (Phi) is 3.48. The monoisotopic (exact) mass is 303 g/mol. The van der Waals surface area contributed by atoms with Gasteiger partial charge in [0.05, 0.1) is 12.2 Å². The maximum Gasteiger partial charge on any atom is 0.225 e. The first-order valence-electron chi connectivity index (χ1n) is 7.62. The lowest BCUT2D eigenvalue weighted by molar-refractivity contribution is 0.821. The molecule has 3 aromatic rings. The van der Waals surface area contributed by atoms with Crippen LogP contribution in [0.3, 0.4) is 0 Å². The summed E-state index contributed by atoms with van der Waals surface area (Å²) in [5.74, 6) is 0.738. The van der Waals surface area contributed by atoms with E-state index in [4.69, 9.17) is 5.73 Å². The van der Waals surface area contributed by atoms with Gasteiger partial charge in [-0.15, -0.1) is 0 Å². The van der Waals surface area contributed by atoms with Gasteiger partial charge in [0, 0.05) is 37.2 Å². The Morgan fingerprint density at radius 1 is 0.957 bits per heavy atom. The predicted octanol–water partition coefficient (Wildman–Crippen LogP) is 2.52. The van der Waals surface area contributed by atoms with Crippen molar-refractivity contribution in [1.82, 2.24) is 15.0 Å². The topological polar surface area (TPSA) is 67.9 Å². The smallest absolute Gasteiger partial charge is 0.225 e. The highest BCUT2D eigenvalue weighted by Gasteiger charge is 2.21. The lowest BCUT2D eigenvalue weighted by atomic mass is 10.1. The number of aromatic nitrogens is 3. The minimum Gasteiger partial charge on any atom is -0.331 e. The highest BCUT2D eigenvalue weighted by Crippen LogP contribution is 2.25. The van der Waals surface area contributed by atoms with Crippen molar-refractivity contribution in [2.75, 3.05) is 4.90 Å². The van der Waals surface area contributed by atoms with E-state index in [2.05, 4.69) is 32.0 Å². The number of rotatable bonds is 3.